The minimum absolute atomic E-state index is 0.138. The summed E-state index contributed by atoms with van der Waals surface area (Å²) in [6, 6.07) is 0. The Balaban J connectivity index is 4.32. The van der Waals surface area contributed by atoms with Gasteiger partial charge in [-0.25, -0.2) is 4.79 Å². The molecule has 0 amide bonds. The second kappa shape index (κ2) is 12.2. The monoisotopic (exact) mass is 342 g/mol. The number of esters is 2. The number of carbonyl (C=O) groups is 3. The molecule has 0 aromatic carbocycles. The van der Waals surface area contributed by atoms with Crippen molar-refractivity contribution in [3.05, 3.63) is 23.8 Å². The average molecular weight is 342 g/mol. The van der Waals surface area contributed by atoms with E-state index in [1.165, 1.54) is 14.2 Å². The third-order valence-corrected chi connectivity index (χ3v) is 3.18. The average Bonchev–Trinajstić information content (AvgIpc) is 2.57. The highest BCUT2D eigenvalue weighted by atomic mass is 16.7. The molecule has 7 heteroatoms. The number of hydrogen-bond acceptors (Lipinski definition) is 7. The molecule has 0 heterocycles. The summed E-state index contributed by atoms with van der Waals surface area (Å²) < 4.78 is 18.7. The Morgan fingerprint density at radius 1 is 1.08 bits per heavy atom. The zero-order valence-electron chi connectivity index (χ0n) is 14.8. The van der Waals surface area contributed by atoms with Crippen molar-refractivity contribution >= 4 is 18.1 Å². The molecule has 136 valence electrons. The minimum Gasteiger partial charge on any atom is -0.468 e. The van der Waals surface area contributed by atoms with Crippen LogP contribution in [0.15, 0.2) is 23.8 Å². The Kier molecular flexibility index (Phi) is 11.0. The molecule has 0 radical (unpaired) electrons. The number of hydrogen-bond donors (Lipinski definition) is 0. The summed E-state index contributed by atoms with van der Waals surface area (Å²) in [5.74, 6) is -2.19. The molecular formula is C17H26O7. The standard InChI is InChI=1S/C17H26O7/c1-6-23-17(20)24-11-13(3)8-7-12(2)9-10-14(15(18)21-4)16(19)22-5/h8,14H,2,6-7,9-11H2,1,3-5H3/b13-8+. The van der Waals surface area contributed by atoms with Crippen molar-refractivity contribution in [3.63, 3.8) is 0 Å². The van der Waals surface area contributed by atoms with Gasteiger partial charge in [-0.05, 0) is 38.7 Å². The maximum Gasteiger partial charge on any atom is 0.508 e. The van der Waals surface area contributed by atoms with Crippen molar-refractivity contribution in [2.45, 2.75) is 33.1 Å². The quantitative estimate of drug-likeness (QED) is 0.261. The van der Waals surface area contributed by atoms with Gasteiger partial charge in [-0.1, -0.05) is 18.2 Å². The fraction of sp³-hybridized carbons (Fsp3) is 0.588. The van der Waals surface area contributed by atoms with Crippen molar-refractivity contribution in [1.82, 2.24) is 0 Å². The summed E-state index contributed by atoms with van der Waals surface area (Å²) in [6.45, 7) is 7.83. The van der Waals surface area contributed by atoms with Crippen LogP contribution < -0.4 is 0 Å². The molecule has 0 aliphatic heterocycles. The minimum atomic E-state index is -0.950. The first-order chi connectivity index (χ1) is 11.3. The highest BCUT2D eigenvalue weighted by molar-refractivity contribution is 5.94. The van der Waals surface area contributed by atoms with E-state index in [4.69, 9.17) is 4.74 Å². The molecule has 0 unspecified atom stereocenters. The first-order valence-electron chi connectivity index (χ1n) is 7.63. The SMILES string of the molecule is C=C(C/C=C(\C)COC(=O)OCC)CCC(C(=O)OC)C(=O)OC. The van der Waals surface area contributed by atoms with E-state index < -0.39 is 24.0 Å². The fourth-order valence-electron chi connectivity index (χ4n) is 1.78. The molecule has 0 rings (SSSR count). The topological polar surface area (TPSA) is 88.1 Å². The zero-order valence-corrected chi connectivity index (χ0v) is 14.8. The maximum absolute atomic E-state index is 11.6. The second-order valence-electron chi connectivity index (χ2n) is 5.11. The zero-order chi connectivity index (χ0) is 18.5. The first kappa shape index (κ1) is 21.7. The van der Waals surface area contributed by atoms with Crippen LogP contribution in [0.3, 0.4) is 0 Å². The van der Waals surface area contributed by atoms with Crippen LogP contribution in [0.25, 0.3) is 0 Å². The van der Waals surface area contributed by atoms with Gasteiger partial charge in [-0.2, -0.15) is 0 Å². The van der Waals surface area contributed by atoms with Crippen LogP contribution in [-0.2, 0) is 28.5 Å². The van der Waals surface area contributed by atoms with Crippen LogP contribution in [0.2, 0.25) is 0 Å². The normalized spacial score (nSPS) is 11.0. The molecule has 24 heavy (non-hydrogen) atoms. The predicted molar refractivity (Wildman–Crippen MR) is 87.2 cm³/mol. The molecular weight excluding hydrogens is 316 g/mol. The summed E-state index contributed by atoms with van der Waals surface area (Å²) in [6.07, 6.45) is 2.45. The first-order valence-corrected chi connectivity index (χ1v) is 7.63. The van der Waals surface area contributed by atoms with Gasteiger partial charge in [0, 0.05) is 0 Å². The van der Waals surface area contributed by atoms with Crippen LogP contribution in [0, 0.1) is 5.92 Å². The lowest BCUT2D eigenvalue weighted by atomic mass is 9.98. The van der Waals surface area contributed by atoms with Crippen molar-refractivity contribution < 1.29 is 33.3 Å². The Morgan fingerprint density at radius 2 is 1.67 bits per heavy atom. The number of rotatable bonds is 10. The Labute approximate surface area is 142 Å². The van der Waals surface area contributed by atoms with E-state index in [1.54, 1.807) is 6.92 Å². The van der Waals surface area contributed by atoms with Crippen LogP contribution in [0.1, 0.15) is 33.1 Å². The Bertz CT molecular complexity index is 463. The highest BCUT2D eigenvalue weighted by Crippen LogP contribution is 2.17. The molecule has 0 spiro atoms. The van der Waals surface area contributed by atoms with E-state index in [0.29, 0.717) is 12.8 Å². The third-order valence-electron chi connectivity index (χ3n) is 3.18. The maximum atomic E-state index is 11.6. The molecule has 0 aromatic heterocycles. The van der Waals surface area contributed by atoms with Gasteiger partial charge < -0.3 is 18.9 Å². The van der Waals surface area contributed by atoms with Crippen LogP contribution in [0.4, 0.5) is 4.79 Å². The second-order valence-corrected chi connectivity index (χ2v) is 5.11. The molecule has 0 saturated carbocycles. The molecule has 0 aliphatic rings. The number of carbonyl (C=O) groups excluding carboxylic acids is 3. The fourth-order valence-corrected chi connectivity index (χ4v) is 1.78. The Morgan fingerprint density at radius 3 is 2.17 bits per heavy atom. The molecule has 7 nitrogen and oxygen atoms in total. The van der Waals surface area contributed by atoms with Crippen molar-refractivity contribution in [2.24, 2.45) is 5.92 Å². The predicted octanol–water partition coefficient (Wildman–Crippen LogP) is 2.79. The van der Waals surface area contributed by atoms with Gasteiger partial charge in [0.1, 0.15) is 6.61 Å². The third kappa shape index (κ3) is 8.97. The lowest BCUT2D eigenvalue weighted by Gasteiger charge is -2.12. The van der Waals surface area contributed by atoms with Crippen LogP contribution in [0.5, 0.6) is 0 Å². The largest absolute Gasteiger partial charge is 0.508 e. The molecule has 0 aromatic rings. The van der Waals surface area contributed by atoms with E-state index in [-0.39, 0.29) is 19.6 Å². The smallest absolute Gasteiger partial charge is 0.468 e. The molecule has 0 saturated heterocycles. The molecule has 0 bridgehead atoms. The van der Waals surface area contributed by atoms with E-state index in [9.17, 15) is 14.4 Å². The van der Waals surface area contributed by atoms with E-state index in [2.05, 4.69) is 20.8 Å². The van der Waals surface area contributed by atoms with Gasteiger partial charge in [0.2, 0.25) is 0 Å². The van der Waals surface area contributed by atoms with Gasteiger partial charge >= 0.3 is 18.1 Å². The van der Waals surface area contributed by atoms with Crippen LogP contribution in [-0.4, -0.2) is 45.5 Å². The van der Waals surface area contributed by atoms with Crippen molar-refractivity contribution in [1.29, 1.82) is 0 Å². The van der Waals surface area contributed by atoms with E-state index in [1.807, 2.05) is 13.0 Å². The van der Waals surface area contributed by atoms with Gasteiger partial charge in [0.15, 0.2) is 5.92 Å². The molecule has 0 N–H and O–H groups in total. The lowest BCUT2D eigenvalue weighted by molar-refractivity contribution is -0.159. The van der Waals surface area contributed by atoms with Crippen molar-refractivity contribution in [3.8, 4) is 0 Å². The van der Waals surface area contributed by atoms with Gasteiger partial charge in [0.25, 0.3) is 0 Å². The van der Waals surface area contributed by atoms with Gasteiger partial charge in [-0.15, -0.1) is 0 Å². The van der Waals surface area contributed by atoms with Crippen LogP contribution >= 0.6 is 0 Å². The van der Waals surface area contributed by atoms with Gasteiger partial charge in [-0.3, -0.25) is 9.59 Å². The van der Waals surface area contributed by atoms with Gasteiger partial charge in [0.05, 0.1) is 20.8 Å². The lowest BCUT2D eigenvalue weighted by Crippen LogP contribution is -2.26. The molecule has 0 fully saturated rings. The summed E-state index contributed by atoms with van der Waals surface area (Å²) in [4.78, 5) is 34.2. The van der Waals surface area contributed by atoms with E-state index >= 15 is 0 Å². The summed E-state index contributed by atoms with van der Waals surface area (Å²) in [5.41, 5.74) is 1.69. The summed E-state index contributed by atoms with van der Waals surface area (Å²) >= 11 is 0. The number of ether oxygens (including phenoxy) is 4. The van der Waals surface area contributed by atoms with E-state index in [0.717, 1.165) is 11.1 Å². The number of methoxy groups -OCH3 is 2. The highest BCUT2D eigenvalue weighted by Gasteiger charge is 2.28. The molecule has 0 atom stereocenters. The van der Waals surface area contributed by atoms with Crippen molar-refractivity contribution in [2.75, 3.05) is 27.4 Å². The summed E-state index contributed by atoms with van der Waals surface area (Å²) in [5, 5.41) is 0. The summed E-state index contributed by atoms with van der Waals surface area (Å²) in [7, 11) is 2.45. The molecule has 0 aliphatic carbocycles. The number of allylic oxidation sites excluding steroid dienone is 2. The Hall–Kier alpha value is -2.31.